The molecule has 2 aliphatic heterocycles. The molecule has 1 amide bonds. The number of allylic oxidation sites excluding steroid dienone is 2. The SMILES string of the molecule is COc1ccc(C2=NN(Cc3ccc(N4CCOCC4)cc3)C(=O)[C@@H]3CC=CC[C@H]23)cc1OC. The maximum absolute atomic E-state index is 13.4. The minimum Gasteiger partial charge on any atom is -0.493 e. The van der Waals surface area contributed by atoms with E-state index in [0.717, 1.165) is 56.0 Å². The minimum absolute atomic E-state index is 0.0653. The van der Waals surface area contributed by atoms with E-state index in [1.165, 1.54) is 5.69 Å². The van der Waals surface area contributed by atoms with Gasteiger partial charge in [0.15, 0.2) is 11.5 Å². The number of fused-ring (bicyclic) bond motifs is 1. The first-order valence-corrected chi connectivity index (χ1v) is 11.9. The third kappa shape index (κ3) is 4.40. The number of morpholine rings is 1. The highest BCUT2D eigenvalue weighted by molar-refractivity contribution is 6.07. The number of nitrogens with zero attached hydrogens (tertiary/aromatic N) is 3. The summed E-state index contributed by atoms with van der Waals surface area (Å²) >= 11 is 0. The zero-order chi connectivity index (χ0) is 23.5. The van der Waals surface area contributed by atoms with Crippen molar-refractivity contribution in [1.82, 2.24) is 5.01 Å². The van der Waals surface area contributed by atoms with Gasteiger partial charge in [-0.1, -0.05) is 24.3 Å². The standard InChI is InChI=1S/C27H31N3O4/c1-32-24-12-9-20(17-25(24)33-2)26-22-5-3-4-6-23(22)27(31)30(28-26)18-19-7-10-21(11-8-19)29-13-15-34-16-14-29/h3-4,7-12,17,22-23H,5-6,13-16,18H2,1-2H3/t22-,23+/m0/s1. The fourth-order valence-corrected chi connectivity index (χ4v) is 5.02. The van der Waals surface area contributed by atoms with Crippen molar-refractivity contribution < 1.29 is 19.0 Å². The van der Waals surface area contributed by atoms with E-state index in [4.69, 9.17) is 19.3 Å². The second kappa shape index (κ2) is 9.89. The number of rotatable bonds is 6. The molecule has 1 saturated heterocycles. The Morgan fingerprint density at radius 2 is 1.65 bits per heavy atom. The Labute approximate surface area is 200 Å². The zero-order valence-corrected chi connectivity index (χ0v) is 19.8. The minimum atomic E-state index is -0.0989. The van der Waals surface area contributed by atoms with Crippen molar-refractivity contribution in [2.75, 3.05) is 45.4 Å². The average molecular weight is 462 g/mol. The lowest BCUT2D eigenvalue weighted by atomic mass is 9.76. The van der Waals surface area contributed by atoms with Crippen LogP contribution in [-0.2, 0) is 16.1 Å². The maximum atomic E-state index is 13.4. The highest BCUT2D eigenvalue weighted by Gasteiger charge is 2.40. The third-order valence-electron chi connectivity index (χ3n) is 6.91. The Balaban J connectivity index is 1.43. The molecule has 0 bridgehead atoms. The summed E-state index contributed by atoms with van der Waals surface area (Å²) in [4.78, 5) is 15.7. The molecule has 2 aromatic rings. The molecule has 7 heteroatoms. The topological polar surface area (TPSA) is 63.6 Å². The summed E-state index contributed by atoms with van der Waals surface area (Å²) in [7, 11) is 3.26. The molecule has 178 valence electrons. The van der Waals surface area contributed by atoms with Crippen LogP contribution in [0.1, 0.15) is 24.0 Å². The fourth-order valence-electron chi connectivity index (χ4n) is 5.02. The number of carbonyl (C=O) groups excluding carboxylic acids is 1. The quantitative estimate of drug-likeness (QED) is 0.611. The van der Waals surface area contributed by atoms with Gasteiger partial charge in [0.1, 0.15) is 0 Å². The monoisotopic (exact) mass is 461 g/mol. The van der Waals surface area contributed by atoms with Gasteiger partial charge < -0.3 is 19.1 Å². The van der Waals surface area contributed by atoms with Crippen molar-refractivity contribution in [3.63, 3.8) is 0 Å². The molecule has 0 aromatic heterocycles. The van der Waals surface area contributed by atoms with Crippen LogP contribution in [0.15, 0.2) is 59.7 Å². The number of benzene rings is 2. The van der Waals surface area contributed by atoms with Gasteiger partial charge >= 0.3 is 0 Å². The van der Waals surface area contributed by atoms with Gasteiger partial charge in [-0.3, -0.25) is 4.79 Å². The molecule has 0 saturated carbocycles. The van der Waals surface area contributed by atoms with E-state index in [2.05, 4.69) is 41.3 Å². The van der Waals surface area contributed by atoms with E-state index in [9.17, 15) is 4.79 Å². The van der Waals surface area contributed by atoms with Crippen LogP contribution >= 0.6 is 0 Å². The first-order chi connectivity index (χ1) is 16.7. The van der Waals surface area contributed by atoms with Gasteiger partial charge in [-0.15, -0.1) is 0 Å². The van der Waals surface area contributed by atoms with Crippen molar-refractivity contribution in [3.05, 3.63) is 65.7 Å². The third-order valence-corrected chi connectivity index (χ3v) is 6.91. The second-order valence-electron chi connectivity index (χ2n) is 8.87. The Hall–Kier alpha value is -3.32. The molecule has 0 spiro atoms. The summed E-state index contributed by atoms with van der Waals surface area (Å²) in [5, 5.41) is 6.55. The molecule has 34 heavy (non-hydrogen) atoms. The number of hydrogen-bond acceptors (Lipinski definition) is 6. The van der Waals surface area contributed by atoms with E-state index in [0.29, 0.717) is 18.0 Å². The van der Waals surface area contributed by atoms with Gasteiger partial charge in [0.05, 0.1) is 45.6 Å². The van der Waals surface area contributed by atoms with Crippen LogP contribution in [0.2, 0.25) is 0 Å². The molecule has 1 fully saturated rings. The van der Waals surface area contributed by atoms with Crippen LogP contribution in [-0.4, -0.2) is 57.2 Å². The lowest BCUT2D eigenvalue weighted by molar-refractivity contribution is -0.138. The van der Waals surface area contributed by atoms with E-state index in [1.807, 2.05) is 18.2 Å². The lowest BCUT2D eigenvalue weighted by Crippen LogP contribution is -2.45. The summed E-state index contributed by atoms with van der Waals surface area (Å²) in [6.45, 7) is 3.77. The molecule has 3 aliphatic rings. The van der Waals surface area contributed by atoms with Crippen LogP contribution in [0, 0.1) is 11.8 Å². The van der Waals surface area contributed by atoms with Gasteiger partial charge in [0.25, 0.3) is 0 Å². The van der Waals surface area contributed by atoms with Crippen LogP contribution in [0.25, 0.3) is 0 Å². The van der Waals surface area contributed by atoms with Crippen molar-refractivity contribution in [2.45, 2.75) is 19.4 Å². The van der Waals surface area contributed by atoms with Crippen molar-refractivity contribution >= 4 is 17.3 Å². The molecular weight excluding hydrogens is 430 g/mol. The molecule has 7 nitrogen and oxygen atoms in total. The van der Waals surface area contributed by atoms with Crippen molar-refractivity contribution in [1.29, 1.82) is 0 Å². The van der Waals surface area contributed by atoms with E-state index in [1.54, 1.807) is 19.2 Å². The average Bonchev–Trinajstić information content (AvgIpc) is 2.91. The second-order valence-corrected chi connectivity index (χ2v) is 8.87. The molecule has 2 atom stereocenters. The zero-order valence-electron chi connectivity index (χ0n) is 19.8. The molecule has 0 radical (unpaired) electrons. The molecular formula is C27H31N3O4. The first-order valence-electron chi connectivity index (χ1n) is 11.9. The summed E-state index contributed by atoms with van der Waals surface area (Å²) in [5.41, 5.74) is 4.14. The largest absolute Gasteiger partial charge is 0.493 e. The number of ether oxygens (including phenoxy) is 3. The smallest absolute Gasteiger partial charge is 0.247 e. The summed E-state index contributed by atoms with van der Waals surface area (Å²) < 4.78 is 16.4. The van der Waals surface area contributed by atoms with Crippen LogP contribution < -0.4 is 14.4 Å². The van der Waals surface area contributed by atoms with Crippen LogP contribution in [0.3, 0.4) is 0 Å². The van der Waals surface area contributed by atoms with Gasteiger partial charge in [0.2, 0.25) is 5.91 Å². The number of anilines is 1. The molecule has 0 unspecified atom stereocenters. The highest BCUT2D eigenvalue weighted by atomic mass is 16.5. The lowest BCUT2D eigenvalue weighted by Gasteiger charge is -2.37. The molecule has 0 N–H and O–H groups in total. The van der Waals surface area contributed by atoms with E-state index in [-0.39, 0.29) is 17.7 Å². The molecule has 5 rings (SSSR count). The number of hydrogen-bond donors (Lipinski definition) is 0. The van der Waals surface area contributed by atoms with Gasteiger partial charge in [-0.25, -0.2) is 5.01 Å². The number of amides is 1. The Morgan fingerprint density at radius 1 is 0.941 bits per heavy atom. The van der Waals surface area contributed by atoms with Gasteiger partial charge in [0, 0.05) is 30.3 Å². The number of hydrazone groups is 1. The van der Waals surface area contributed by atoms with Crippen molar-refractivity contribution in [3.8, 4) is 11.5 Å². The van der Waals surface area contributed by atoms with Crippen molar-refractivity contribution in [2.24, 2.45) is 16.9 Å². The van der Waals surface area contributed by atoms with E-state index < -0.39 is 0 Å². The molecule has 1 aliphatic carbocycles. The van der Waals surface area contributed by atoms with E-state index >= 15 is 0 Å². The van der Waals surface area contributed by atoms with Crippen LogP contribution in [0.4, 0.5) is 5.69 Å². The number of carbonyl (C=O) groups is 1. The fraction of sp³-hybridized carbons (Fsp3) is 0.407. The van der Waals surface area contributed by atoms with Gasteiger partial charge in [-0.05, 0) is 48.7 Å². The summed E-state index contributed by atoms with van der Waals surface area (Å²) in [6.07, 6.45) is 5.82. The summed E-state index contributed by atoms with van der Waals surface area (Å²) in [6, 6.07) is 14.3. The Bertz CT molecular complexity index is 1090. The predicted molar refractivity (Wildman–Crippen MR) is 131 cm³/mol. The normalized spacial score (nSPS) is 22.3. The first kappa shape index (κ1) is 22.5. The Kier molecular flexibility index (Phi) is 6.54. The summed E-state index contributed by atoms with van der Waals surface area (Å²) in [5.74, 6) is 1.40. The Morgan fingerprint density at radius 3 is 2.35 bits per heavy atom. The molecule has 2 heterocycles. The number of methoxy groups -OCH3 is 2. The molecule has 2 aromatic carbocycles. The van der Waals surface area contributed by atoms with Gasteiger partial charge in [-0.2, -0.15) is 5.10 Å². The predicted octanol–water partition coefficient (Wildman–Crippen LogP) is 3.87. The van der Waals surface area contributed by atoms with Crippen LogP contribution in [0.5, 0.6) is 11.5 Å². The highest BCUT2D eigenvalue weighted by Crippen LogP contribution is 2.37. The maximum Gasteiger partial charge on any atom is 0.247 e.